The molecule has 1 spiro atoms. The van der Waals surface area contributed by atoms with E-state index >= 15 is 0 Å². The van der Waals surface area contributed by atoms with E-state index in [1.54, 1.807) is 7.11 Å². The third-order valence-electron chi connectivity index (χ3n) is 6.77. The normalized spacial score (nSPS) is 27.5. The highest BCUT2D eigenvalue weighted by molar-refractivity contribution is 5.93. The first kappa shape index (κ1) is 18.0. The van der Waals surface area contributed by atoms with Gasteiger partial charge in [0.05, 0.1) is 5.54 Å². The van der Waals surface area contributed by atoms with Crippen molar-refractivity contribution in [3.63, 3.8) is 0 Å². The fourth-order valence-electron chi connectivity index (χ4n) is 5.61. The number of methoxy groups -OCH3 is 1. The first-order chi connectivity index (χ1) is 12.6. The Balaban J connectivity index is 1.87. The summed E-state index contributed by atoms with van der Waals surface area (Å²) in [6.07, 6.45) is 10.9. The number of hydrogen-bond donors (Lipinski definition) is 0. The van der Waals surface area contributed by atoms with Crippen LogP contribution in [-0.2, 0) is 15.1 Å². The molecule has 2 saturated carbocycles. The second-order valence-electron chi connectivity index (χ2n) is 8.66. The molecular weight excluding hydrogens is 328 g/mol. The van der Waals surface area contributed by atoms with Crippen molar-refractivity contribution in [1.82, 2.24) is 14.8 Å². The molecular formula is C20H32N4O2. The Morgan fingerprint density at radius 1 is 1.19 bits per heavy atom. The molecule has 2 heterocycles. The molecule has 6 nitrogen and oxygen atoms in total. The zero-order chi connectivity index (χ0) is 18.3. The Kier molecular flexibility index (Phi) is 4.80. The van der Waals surface area contributed by atoms with Crippen molar-refractivity contribution >= 4 is 11.9 Å². The monoisotopic (exact) mass is 360 g/mol. The lowest BCUT2D eigenvalue weighted by atomic mass is 9.64. The number of hydrogen-bond acceptors (Lipinski definition) is 4. The van der Waals surface area contributed by atoms with Gasteiger partial charge < -0.3 is 4.74 Å². The van der Waals surface area contributed by atoms with E-state index in [2.05, 4.69) is 18.5 Å². The Bertz CT molecular complexity index is 663. The number of carbonyl (C=O) groups excluding carboxylic acids is 1. The third kappa shape index (κ3) is 2.68. The molecule has 1 amide bonds. The van der Waals surface area contributed by atoms with Crippen molar-refractivity contribution in [1.29, 1.82) is 0 Å². The first-order valence-corrected chi connectivity index (χ1v) is 10.4. The van der Waals surface area contributed by atoms with E-state index in [9.17, 15) is 4.79 Å². The minimum absolute atomic E-state index is 0.0269. The van der Waals surface area contributed by atoms with Crippen molar-refractivity contribution in [3.8, 4) is 0 Å². The highest BCUT2D eigenvalue weighted by Crippen LogP contribution is 2.52. The van der Waals surface area contributed by atoms with Gasteiger partial charge >= 0.3 is 0 Å². The van der Waals surface area contributed by atoms with Crippen molar-refractivity contribution in [2.24, 2.45) is 5.92 Å². The van der Waals surface area contributed by atoms with Crippen LogP contribution in [0.25, 0.3) is 0 Å². The van der Waals surface area contributed by atoms with Gasteiger partial charge in [0.1, 0.15) is 6.61 Å². The molecule has 144 valence electrons. The summed E-state index contributed by atoms with van der Waals surface area (Å²) in [5.41, 5.74) is 0.0582. The standard InChI is InChI=1S/C20H32N4O2/c1-14(2)18-21-19-23(17(25)13-26-3)16-10-6-5-9-15(16)20(24(19)22-18)11-7-4-8-12-20/h14-16H,4-13H2,1-3H3/t15-,16+/m1/s1. The van der Waals surface area contributed by atoms with Gasteiger partial charge in [0.2, 0.25) is 5.95 Å². The average Bonchev–Trinajstić information content (AvgIpc) is 3.09. The van der Waals surface area contributed by atoms with E-state index in [0.29, 0.717) is 5.92 Å². The molecule has 6 heteroatoms. The van der Waals surface area contributed by atoms with E-state index in [0.717, 1.165) is 18.2 Å². The fraction of sp³-hybridized carbons (Fsp3) is 0.850. The number of fused-ring (bicyclic) bond motifs is 4. The van der Waals surface area contributed by atoms with Crippen LogP contribution in [0.5, 0.6) is 0 Å². The van der Waals surface area contributed by atoms with Crippen molar-refractivity contribution < 1.29 is 9.53 Å². The number of ether oxygens (including phenoxy) is 1. The lowest BCUT2D eigenvalue weighted by molar-refractivity contribution is -0.124. The molecule has 3 aliphatic rings. The quantitative estimate of drug-likeness (QED) is 0.826. The summed E-state index contributed by atoms with van der Waals surface area (Å²) in [5.74, 6) is 2.42. The third-order valence-corrected chi connectivity index (χ3v) is 6.77. The molecule has 0 aromatic carbocycles. The van der Waals surface area contributed by atoms with Gasteiger partial charge in [-0.2, -0.15) is 10.1 Å². The number of aromatic nitrogens is 3. The van der Waals surface area contributed by atoms with E-state index in [1.807, 2.05) is 4.90 Å². The Hall–Kier alpha value is -1.43. The molecule has 0 saturated heterocycles. The molecule has 0 N–H and O–H groups in total. The lowest BCUT2D eigenvalue weighted by Crippen LogP contribution is -2.62. The van der Waals surface area contributed by atoms with E-state index in [1.165, 1.54) is 51.4 Å². The highest BCUT2D eigenvalue weighted by atomic mass is 16.5. The molecule has 1 aliphatic heterocycles. The Morgan fingerprint density at radius 3 is 2.62 bits per heavy atom. The number of carbonyl (C=O) groups is 1. The zero-order valence-electron chi connectivity index (χ0n) is 16.4. The second-order valence-corrected chi connectivity index (χ2v) is 8.66. The first-order valence-electron chi connectivity index (χ1n) is 10.4. The van der Waals surface area contributed by atoms with Crippen LogP contribution in [-0.4, -0.2) is 40.4 Å². The molecule has 4 rings (SSSR count). The summed E-state index contributed by atoms with van der Waals surface area (Å²) in [4.78, 5) is 19.8. The van der Waals surface area contributed by atoms with Crippen LogP contribution in [0.3, 0.4) is 0 Å². The molecule has 2 atom stereocenters. The smallest absolute Gasteiger partial charge is 0.255 e. The van der Waals surface area contributed by atoms with Crippen LogP contribution in [0, 0.1) is 5.92 Å². The maximum absolute atomic E-state index is 13.0. The van der Waals surface area contributed by atoms with Gasteiger partial charge in [-0.25, -0.2) is 4.68 Å². The predicted molar refractivity (Wildman–Crippen MR) is 100 cm³/mol. The average molecular weight is 361 g/mol. The van der Waals surface area contributed by atoms with Crippen molar-refractivity contribution in [2.45, 2.75) is 89.1 Å². The number of nitrogens with zero attached hydrogens (tertiary/aromatic N) is 4. The van der Waals surface area contributed by atoms with Crippen LogP contribution < -0.4 is 4.90 Å². The van der Waals surface area contributed by atoms with Gasteiger partial charge in [-0.05, 0) is 25.7 Å². The zero-order valence-corrected chi connectivity index (χ0v) is 16.4. The fourth-order valence-corrected chi connectivity index (χ4v) is 5.61. The van der Waals surface area contributed by atoms with Crippen LogP contribution >= 0.6 is 0 Å². The van der Waals surface area contributed by atoms with Gasteiger partial charge in [-0.15, -0.1) is 0 Å². The maximum atomic E-state index is 13.0. The summed E-state index contributed by atoms with van der Waals surface area (Å²) in [6.45, 7) is 4.37. The van der Waals surface area contributed by atoms with Gasteiger partial charge in [0, 0.05) is 25.0 Å². The molecule has 0 bridgehead atoms. The largest absolute Gasteiger partial charge is 0.375 e. The van der Waals surface area contributed by atoms with E-state index in [-0.39, 0.29) is 30.0 Å². The topological polar surface area (TPSA) is 60.2 Å². The van der Waals surface area contributed by atoms with Crippen molar-refractivity contribution in [3.05, 3.63) is 5.82 Å². The van der Waals surface area contributed by atoms with Gasteiger partial charge in [0.25, 0.3) is 5.91 Å². The number of amides is 1. The molecule has 26 heavy (non-hydrogen) atoms. The van der Waals surface area contributed by atoms with Gasteiger partial charge in [-0.3, -0.25) is 9.69 Å². The van der Waals surface area contributed by atoms with Crippen LogP contribution in [0.1, 0.15) is 83.4 Å². The molecule has 1 aromatic rings. The summed E-state index contributed by atoms with van der Waals surface area (Å²) >= 11 is 0. The van der Waals surface area contributed by atoms with Gasteiger partial charge in [0.15, 0.2) is 5.82 Å². The molecule has 2 fully saturated rings. The van der Waals surface area contributed by atoms with Gasteiger partial charge in [-0.1, -0.05) is 46.0 Å². The van der Waals surface area contributed by atoms with Crippen LogP contribution in [0.2, 0.25) is 0 Å². The SMILES string of the molecule is COCC(=O)N1c2nc(C(C)C)nn2C2(CCCCC2)[C@@H]2CCCC[C@@H]21. The Morgan fingerprint density at radius 2 is 1.92 bits per heavy atom. The summed E-state index contributed by atoms with van der Waals surface area (Å²) in [6, 6.07) is 0.251. The van der Waals surface area contributed by atoms with Crippen LogP contribution in [0.15, 0.2) is 0 Å². The molecule has 1 aromatic heterocycles. The molecule has 0 unspecified atom stereocenters. The van der Waals surface area contributed by atoms with E-state index in [4.69, 9.17) is 14.8 Å². The van der Waals surface area contributed by atoms with Crippen LogP contribution in [0.4, 0.5) is 5.95 Å². The summed E-state index contributed by atoms with van der Waals surface area (Å²) in [7, 11) is 1.59. The highest BCUT2D eigenvalue weighted by Gasteiger charge is 2.55. The lowest BCUT2D eigenvalue weighted by Gasteiger charge is -2.55. The minimum atomic E-state index is 0.0269. The van der Waals surface area contributed by atoms with Crippen molar-refractivity contribution in [2.75, 3.05) is 18.6 Å². The summed E-state index contributed by atoms with van der Waals surface area (Å²) in [5, 5.41) is 4.98. The minimum Gasteiger partial charge on any atom is -0.375 e. The number of rotatable bonds is 3. The van der Waals surface area contributed by atoms with E-state index < -0.39 is 0 Å². The predicted octanol–water partition coefficient (Wildman–Crippen LogP) is 3.61. The maximum Gasteiger partial charge on any atom is 0.255 e. The molecule has 2 aliphatic carbocycles. The summed E-state index contributed by atoms with van der Waals surface area (Å²) < 4.78 is 7.38. The number of anilines is 1. The Labute approximate surface area is 156 Å². The second kappa shape index (κ2) is 6.95. The molecule has 0 radical (unpaired) electrons.